The topological polar surface area (TPSA) is 103 Å². The zero-order valence-corrected chi connectivity index (χ0v) is 29.6. The number of morpholine rings is 1. The third-order valence-corrected chi connectivity index (χ3v) is 12.9. The van der Waals surface area contributed by atoms with Crippen LogP contribution in [0.2, 0.25) is 0 Å². The summed E-state index contributed by atoms with van der Waals surface area (Å²) in [5.74, 6) is 2.69. The third-order valence-electron chi connectivity index (χ3n) is 12.9. The van der Waals surface area contributed by atoms with E-state index >= 15 is 0 Å². The molecule has 0 radical (unpaired) electrons. The minimum absolute atomic E-state index is 0.0273. The summed E-state index contributed by atoms with van der Waals surface area (Å²) in [5.41, 5.74) is 0. The monoisotopic (exact) mass is 644 g/mol. The highest BCUT2D eigenvalue weighted by atomic mass is 16.5. The van der Waals surface area contributed by atoms with Gasteiger partial charge in [-0.05, 0) is 114 Å². The van der Waals surface area contributed by atoms with E-state index in [1.807, 2.05) is 0 Å². The summed E-state index contributed by atoms with van der Waals surface area (Å²) in [4.78, 5) is 44.0. The van der Waals surface area contributed by atoms with E-state index in [1.54, 1.807) is 6.92 Å². The molecule has 0 bridgehead atoms. The smallest absolute Gasteiger partial charge is 0.225 e. The SMILES string of the molecule is CCN(C1CCC(NC(C)=O)CC1)C1CC(C2CCC(CN3CCOCC3)CC2)CC(C(=O)NCC2C(=O)NC(C)CC2C)C1C. The summed E-state index contributed by atoms with van der Waals surface area (Å²) < 4.78 is 5.58. The van der Waals surface area contributed by atoms with Gasteiger partial charge in [0.25, 0.3) is 0 Å². The maximum atomic E-state index is 14.1. The molecule has 5 fully saturated rings. The summed E-state index contributed by atoms with van der Waals surface area (Å²) in [5, 5.41) is 9.56. The standard InChI is InChI=1S/C37H65N5O4/c1-6-42(32-13-11-31(12-14-32)40-27(5)43)35-21-30(29-9-7-28(8-10-29)23-41-15-17-46-18-16-41)20-33(26(35)4)36(44)38-22-34-24(2)19-25(3)39-37(34)45/h24-26,28-35H,6-23H2,1-5H3,(H,38,44)(H,39,45)(H,40,43). The fourth-order valence-corrected chi connectivity index (χ4v) is 10.2. The van der Waals surface area contributed by atoms with Crippen LogP contribution in [-0.4, -0.2) is 97.6 Å². The van der Waals surface area contributed by atoms with Crippen molar-refractivity contribution in [1.82, 2.24) is 25.8 Å². The lowest BCUT2D eigenvalue weighted by Crippen LogP contribution is -2.56. The molecule has 46 heavy (non-hydrogen) atoms. The number of piperidine rings is 1. The summed E-state index contributed by atoms with van der Waals surface area (Å²) in [6.07, 6.45) is 12.5. The van der Waals surface area contributed by atoms with Crippen molar-refractivity contribution >= 4 is 17.7 Å². The van der Waals surface area contributed by atoms with Gasteiger partial charge in [-0.25, -0.2) is 0 Å². The van der Waals surface area contributed by atoms with Crippen molar-refractivity contribution in [3.05, 3.63) is 0 Å². The Kier molecular flexibility index (Phi) is 12.8. The molecule has 0 spiro atoms. The Hall–Kier alpha value is -1.71. The Morgan fingerprint density at radius 2 is 1.63 bits per heavy atom. The Morgan fingerprint density at radius 1 is 0.935 bits per heavy atom. The van der Waals surface area contributed by atoms with Gasteiger partial charge in [-0.2, -0.15) is 0 Å². The number of rotatable bonds is 10. The second kappa shape index (κ2) is 16.6. The van der Waals surface area contributed by atoms with Gasteiger partial charge in [0.05, 0.1) is 19.1 Å². The molecule has 3 saturated carbocycles. The molecule has 0 aromatic carbocycles. The number of carbonyl (C=O) groups excluding carboxylic acids is 3. The minimum atomic E-state index is -0.154. The van der Waals surface area contributed by atoms with Gasteiger partial charge in [0.2, 0.25) is 17.7 Å². The molecule has 5 aliphatic rings. The second-order valence-corrected chi connectivity index (χ2v) is 16.0. The van der Waals surface area contributed by atoms with E-state index in [4.69, 9.17) is 4.74 Å². The van der Waals surface area contributed by atoms with Crippen LogP contribution in [-0.2, 0) is 19.1 Å². The predicted octanol–water partition coefficient (Wildman–Crippen LogP) is 4.20. The second-order valence-electron chi connectivity index (χ2n) is 16.0. The van der Waals surface area contributed by atoms with Crippen LogP contribution in [0.4, 0.5) is 0 Å². The maximum Gasteiger partial charge on any atom is 0.225 e. The van der Waals surface area contributed by atoms with Gasteiger partial charge in [-0.3, -0.25) is 24.2 Å². The number of amides is 3. The highest BCUT2D eigenvalue weighted by Crippen LogP contribution is 2.46. The molecule has 7 unspecified atom stereocenters. The highest BCUT2D eigenvalue weighted by molar-refractivity contribution is 5.83. The number of ether oxygens (including phenoxy) is 1. The van der Waals surface area contributed by atoms with Crippen molar-refractivity contribution in [2.24, 2.45) is 41.4 Å². The van der Waals surface area contributed by atoms with Crippen LogP contribution in [0, 0.1) is 41.4 Å². The zero-order chi connectivity index (χ0) is 32.8. The first-order valence-corrected chi connectivity index (χ1v) is 19.0. The van der Waals surface area contributed by atoms with Crippen LogP contribution >= 0.6 is 0 Å². The number of hydrogen-bond acceptors (Lipinski definition) is 6. The molecule has 2 saturated heterocycles. The number of nitrogens with zero attached hydrogens (tertiary/aromatic N) is 2. The van der Waals surface area contributed by atoms with E-state index in [9.17, 15) is 14.4 Å². The largest absolute Gasteiger partial charge is 0.379 e. The van der Waals surface area contributed by atoms with Crippen LogP contribution in [0.1, 0.15) is 105 Å². The first-order valence-electron chi connectivity index (χ1n) is 19.0. The van der Waals surface area contributed by atoms with Gasteiger partial charge in [0, 0.05) is 63.2 Å². The van der Waals surface area contributed by atoms with Gasteiger partial charge in [-0.15, -0.1) is 0 Å². The highest BCUT2D eigenvalue weighted by Gasteiger charge is 2.46. The van der Waals surface area contributed by atoms with Crippen LogP contribution in [0.15, 0.2) is 0 Å². The van der Waals surface area contributed by atoms with Crippen LogP contribution in [0.25, 0.3) is 0 Å². The van der Waals surface area contributed by atoms with Gasteiger partial charge in [-0.1, -0.05) is 20.8 Å². The molecule has 7 atom stereocenters. The molecule has 0 aromatic rings. The van der Waals surface area contributed by atoms with E-state index in [0.717, 1.165) is 77.3 Å². The lowest BCUT2D eigenvalue weighted by Gasteiger charge is -2.50. The average molecular weight is 644 g/mol. The van der Waals surface area contributed by atoms with Gasteiger partial charge in [0.15, 0.2) is 0 Å². The molecule has 3 aliphatic carbocycles. The van der Waals surface area contributed by atoms with E-state index in [0.29, 0.717) is 30.5 Å². The average Bonchev–Trinajstić information content (AvgIpc) is 3.03. The zero-order valence-electron chi connectivity index (χ0n) is 29.6. The molecule has 2 aliphatic heterocycles. The van der Waals surface area contributed by atoms with E-state index in [2.05, 4.69) is 53.4 Å². The molecule has 262 valence electrons. The molecule has 5 rings (SSSR count). The fraction of sp³-hybridized carbons (Fsp3) is 0.919. The van der Waals surface area contributed by atoms with E-state index in [-0.39, 0.29) is 53.5 Å². The first-order chi connectivity index (χ1) is 22.1. The van der Waals surface area contributed by atoms with Crippen molar-refractivity contribution in [3.8, 4) is 0 Å². The Labute approximate surface area is 279 Å². The quantitative estimate of drug-likeness (QED) is 0.330. The van der Waals surface area contributed by atoms with Crippen molar-refractivity contribution in [1.29, 1.82) is 0 Å². The summed E-state index contributed by atoms with van der Waals surface area (Å²) in [7, 11) is 0. The Balaban J connectivity index is 1.25. The molecule has 3 N–H and O–H groups in total. The predicted molar refractivity (Wildman–Crippen MR) is 182 cm³/mol. The van der Waals surface area contributed by atoms with Crippen LogP contribution in [0.5, 0.6) is 0 Å². The van der Waals surface area contributed by atoms with Crippen LogP contribution in [0.3, 0.4) is 0 Å². The molecule has 0 aromatic heterocycles. The van der Waals surface area contributed by atoms with Crippen molar-refractivity contribution in [3.63, 3.8) is 0 Å². The fourth-order valence-electron chi connectivity index (χ4n) is 10.2. The lowest BCUT2D eigenvalue weighted by atomic mass is 9.63. The third kappa shape index (κ3) is 9.04. The Bertz CT molecular complexity index is 1000. The van der Waals surface area contributed by atoms with E-state index in [1.165, 1.54) is 38.6 Å². The molecule has 3 amide bonds. The van der Waals surface area contributed by atoms with Crippen molar-refractivity contribution < 1.29 is 19.1 Å². The minimum Gasteiger partial charge on any atom is -0.379 e. The summed E-state index contributed by atoms with van der Waals surface area (Å²) in [6, 6.07) is 1.37. The maximum absolute atomic E-state index is 14.1. The lowest BCUT2D eigenvalue weighted by molar-refractivity contribution is -0.133. The van der Waals surface area contributed by atoms with E-state index < -0.39 is 0 Å². The van der Waals surface area contributed by atoms with Crippen molar-refractivity contribution in [2.75, 3.05) is 45.9 Å². The normalized spacial score (nSPS) is 39.4. The summed E-state index contributed by atoms with van der Waals surface area (Å²) >= 11 is 0. The number of nitrogens with one attached hydrogen (secondary N) is 3. The molecule has 9 nitrogen and oxygen atoms in total. The van der Waals surface area contributed by atoms with Gasteiger partial charge < -0.3 is 20.7 Å². The summed E-state index contributed by atoms with van der Waals surface area (Å²) in [6.45, 7) is 17.0. The Morgan fingerprint density at radius 3 is 2.26 bits per heavy atom. The van der Waals surface area contributed by atoms with Gasteiger partial charge in [0.1, 0.15) is 0 Å². The molecular weight excluding hydrogens is 578 g/mol. The molecule has 2 heterocycles. The molecule has 9 heteroatoms. The number of carbonyl (C=O) groups is 3. The number of hydrogen-bond donors (Lipinski definition) is 3. The van der Waals surface area contributed by atoms with Gasteiger partial charge >= 0.3 is 0 Å². The van der Waals surface area contributed by atoms with Crippen LogP contribution < -0.4 is 16.0 Å². The molecular formula is C37H65N5O4. The van der Waals surface area contributed by atoms with Crippen molar-refractivity contribution in [2.45, 2.75) is 129 Å². The first kappa shape index (κ1) is 35.6.